The first kappa shape index (κ1) is 12.9. The van der Waals surface area contributed by atoms with Crippen molar-refractivity contribution in [3.8, 4) is 17.1 Å². The van der Waals surface area contributed by atoms with Gasteiger partial charge in [-0.2, -0.15) is 0 Å². The first-order valence-corrected chi connectivity index (χ1v) is 5.68. The van der Waals surface area contributed by atoms with Gasteiger partial charge in [0.05, 0.1) is 19.3 Å². The van der Waals surface area contributed by atoms with Gasteiger partial charge in [-0.05, 0) is 31.2 Å². The van der Waals surface area contributed by atoms with Gasteiger partial charge < -0.3 is 19.7 Å². The van der Waals surface area contributed by atoms with Crippen LogP contribution < -0.4 is 5.32 Å². The van der Waals surface area contributed by atoms with E-state index in [-0.39, 0.29) is 12.3 Å². The highest BCUT2D eigenvalue weighted by molar-refractivity contribution is 5.68. The second-order valence-electron chi connectivity index (χ2n) is 3.97. The Morgan fingerprint density at radius 1 is 1.42 bits per heavy atom. The lowest BCUT2D eigenvalue weighted by Gasteiger charge is -2.04. The normalized spacial score (nSPS) is 10.2. The van der Waals surface area contributed by atoms with E-state index in [0.717, 1.165) is 11.1 Å². The van der Waals surface area contributed by atoms with E-state index in [1.807, 2.05) is 0 Å². The molecule has 0 saturated carbocycles. The highest BCUT2D eigenvalue weighted by atomic mass is 16.5. The van der Waals surface area contributed by atoms with Crippen LogP contribution in [0, 0.1) is 6.92 Å². The molecule has 19 heavy (non-hydrogen) atoms. The maximum absolute atomic E-state index is 11.1. The first-order chi connectivity index (χ1) is 9.11. The summed E-state index contributed by atoms with van der Waals surface area (Å²) in [6.45, 7) is 2.06. The minimum Gasteiger partial charge on any atom is -0.508 e. The van der Waals surface area contributed by atoms with Crippen LogP contribution in [0.4, 0.5) is 4.79 Å². The number of nitrogens with one attached hydrogen (secondary N) is 1. The van der Waals surface area contributed by atoms with E-state index in [1.165, 1.54) is 7.11 Å². The fraction of sp³-hybridized carbons (Fsp3) is 0.231. The summed E-state index contributed by atoms with van der Waals surface area (Å²) in [6, 6.07) is 6.56. The largest absolute Gasteiger partial charge is 0.508 e. The number of phenolic OH excluding ortho intramolecular Hbond substituents is 1. The van der Waals surface area contributed by atoms with Gasteiger partial charge in [-0.15, -0.1) is 0 Å². The van der Waals surface area contributed by atoms with Crippen molar-refractivity contribution in [1.82, 2.24) is 10.5 Å². The van der Waals surface area contributed by atoms with Crippen molar-refractivity contribution in [1.29, 1.82) is 0 Å². The summed E-state index contributed by atoms with van der Waals surface area (Å²) in [5, 5.41) is 15.7. The molecule has 2 N–H and O–H groups in total. The van der Waals surface area contributed by atoms with Crippen LogP contribution in [-0.2, 0) is 11.3 Å². The van der Waals surface area contributed by atoms with Crippen LogP contribution in [0.1, 0.15) is 11.3 Å². The summed E-state index contributed by atoms with van der Waals surface area (Å²) in [7, 11) is 1.30. The second kappa shape index (κ2) is 5.43. The number of carbonyl (C=O) groups is 1. The zero-order valence-corrected chi connectivity index (χ0v) is 10.6. The Balaban J connectivity index is 2.26. The van der Waals surface area contributed by atoms with Gasteiger partial charge in [0.1, 0.15) is 5.75 Å². The minimum absolute atomic E-state index is 0.175. The molecule has 1 aromatic carbocycles. The quantitative estimate of drug-likeness (QED) is 0.885. The molecule has 0 aliphatic rings. The number of hydrogen-bond acceptors (Lipinski definition) is 5. The van der Waals surface area contributed by atoms with E-state index < -0.39 is 6.09 Å². The molecule has 1 aromatic heterocycles. The molecule has 1 heterocycles. The Morgan fingerprint density at radius 3 is 2.74 bits per heavy atom. The van der Waals surface area contributed by atoms with Crippen LogP contribution in [0.25, 0.3) is 11.3 Å². The number of phenols is 1. The van der Waals surface area contributed by atoms with Gasteiger partial charge in [0.15, 0.2) is 5.76 Å². The van der Waals surface area contributed by atoms with Crippen LogP contribution in [0.2, 0.25) is 0 Å². The average molecular weight is 262 g/mol. The highest BCUT2D eigenvalue weighted by Gasteiger charge is 2.15. The summed E-state index contributed by atoms with van der Waals surface area (Å²) in [4.78, 5) is 11.1. The molecular formula is C13H14N2O4. The maximum atomic E-state index is 11.1. The lowest BCUT2D eigenvalue weighted by molar-refractivity contribution is 0.170. The smallest absolute Gasteiger partial charge is 0.407 e. The van der Waals surface area contributed by atoms with Crippen molar-refractivity contribution < 1.29 is 19.2 Å². The molecule has 0 fully saturated rings. The Hall–Kier alpha value is -2.50. The van der Waals surface area contributed by atoms with E-state index in [1.54, 1.807) is 31.2 Å². The molecule has 2 aromatic rings. The molecule has 0 spiro atoms. The fourth-order valence-corrected chi connectivity index (χ4v) is 1.67. The molecule has 0 aliphatic carbocycles. The van der Waals surface area contributed by atoms with Crippen molar-refractivity contribution in [2.45, 2.75) is 13.5 Å². The molecule has 6 nitrogen and oxygen atoms in total. The van der Waals surface area contributed by atoms with Crippen molar-refractivity contribution in [3.63, 3.8) is 0 Å². The van der Waals surface area contributed by atoms with E-state index in [0.29, 0.717) is 11.5 Å². The number of rotatable bonds is 3. The number of amides is 1. The summed E-state index contributed by atoms with van der Waals surface area (Å²) in [5.74, 6) is 0.739. The van der Waals surface area contributed by atoms with Crippen LogP contribution >= 0.6 is 0 Å². The topological polar surface area (TPSA) is 84.6 Å². The van der Waals surface area contributed by atoms with Crippen LogP contribution in [-0.4, -0.2) is 23.5 Å². The number of aromatic nitrogens is 1. The first-order valence-electron chi connectivity index (χ1n) is 5.68. The highest BCUT2D eigenvalue weighted by Crippen LogP contribution is 2.27. The molecule has 0 aliphatic heterocycles. The molecular weight excluding hydrogens is 248 g/mol. The van der Waals surface area contributed by atoms with Crippen LogP contribution in [0.3, 0.4) is 0 Å². The van der Waals surface area contributed by atoms with Crippen molar-refractivity contribution >= 4 is 6.09 Å². The number of methoxy groups -OCH3 is 1. The van der Waals surface area contributed by atoms with Crippen LogP contribution in [0.5, 0.6) is 5.75 Å². The van der Waals surface area contributed by atoms with E-state index >= 15 is 0 Å². The SMILES string of the molecule is COC(=O)NCc1c(C)noc1-c1ccc(O)cc1. The Morgan fingerprint density at radius 2 is 2.11 bits per heavy atom. The van der Waals surface area contributed by atoms with Gasteiger partial charge in [-0.3, -0.25) is 0 Å². The molecule has 0 saturated heterocycles. The summed E-state index contributed by atoms with van der Waals surface area (Å²) >= 11 is 0. The molecule has 0 atom stereocenters. The number of aromatic hydroxyl groups is 1. The summed E-state index contributed by atoms with van der Waals surface area (Å²) < 4.78 is 9.78. The number of nitrogens with zero attached hydrogens (tertiary/aromatic N) is 1. The molecule has 1 amide bonds. The summed E-state index contributed by atoms with van der Waals surface area (Å²) in [6.07, 6.45) is -0.516. The average Bonchev–Trinajstić information content (AvgIpc) is 2.78. The lowest BCUT2D eigenvalue weighted by Crippen LogP contribution is -2.22. The Labute approximate surface area is 110 Å². The number of alkyl carbamates (subject to hydrolysis) is 1. The van der Waals surface area contributed by atoms with Crippen molar-refractivity contribution in [3.05, 3.63) is 35.5 Å². The lowest BCUT2D eigenvalue weighted by atomic mass is 10.1. The number of ether oxygens (including phenoxy) is 1. The van der Waals surface area contributed by atoms with Gasteiger partial charge in [-0.25, -0.2) is 4.79 Å². The van der Waals surface area contributed by atoms with E-state index in [4.69, 9.17) is 4.52 Å². The number of aryl methyl sites for hydroxylation is 1. The predicted octanol–water partition coefficient (Wildman–Crippen LogP) is 2.21. The molecule has 100 valence electrons. The molecule has 0 bridgehead atoms. The van der Waals surface area contributed by atoms with E-state index in [9.17, 15) is 9.90 Å². The monoisotopic (exact) mass is 262 g/mol. The molecule has 6 heteroatoms. The van der Waals surface area contributed by atoms with Gasteiger partial charge in [-0.1, -0.05) is 5.16 Å². The zero-order chi connectivity index (χ0) is 13.8. The van der Waals surface area contributed by atoms with Crippen molar-refractivity contribution in [2.24, 2.45) is 0 Å². The summed E-state index contributed by atoms with van der Waals surface area (Å²) in [5.41, 5.74) is 2.25. The Kier molecular flexibility index (Phi) is 3.70. The van der Waals surface area contributed by atoms with Gasteiger partial charge in [0, 0.05) is 11.1 Å². The molecule has 0 unspecified atom stereocenters. The maximum Gasteiger partial charge on any atom is 0.407 e. The predicted molar refractivity (Wildman–Crippen MR) is 67.6 cm³/mol. The number of hydrogen-bond donors (Lipinski definition) is 2. The fourth-order valence-electron chi connectivity index (χ4n) is 1.67. The number of carbonyl (C=O) groups excluding carboxylic acids is 1. The zero-order valence-electron chi connectivity index (χ0n) is 10.6. The third-order valence-electron chi connectivity index (χ3n) is 2.71. The molecule has 0 radical (unpaired) electrons. The van der Waals surface area contributed by atoms with Gasteiger partial charge in [0.2, 0.25) is 0 Å². The third-order valence-corrected chi connectivity index (χ3v) is 2.71. The van der Waals surface area contributed by atoms with Gasteiger partial charge in [0.25, 0.3) is 0 Å². The standard InChI is InChI=1S/C13H14N2O4/c1-8-11(7-14-13(17)18-2)12(19-15-8)9-3-5-10(16)6-4-9/h3-6,16H,7H2,1-2H3,(H,14,17). The van der Waals surface area contributed by atoms with E-state index in [2.05, 4.69) is 15.2 Å². The number of benzene rings is 1. The Bertz CT molecular complexity index is 575. The second-order valence-corrected chi connectivity index (χ2v) is 3.97. The van der Waals surface area contributed by atoms with Crippen molar-refractivity contribution in [2.75, 3.05) is 7.11 Å². The third kappa shape index (κ3) is 2.85. The van der Waals surface area contributed by atoms with Gasteiger partial charge >= 0.3 is 6.09 Å². The van der Waals surface area contributed by atoms with Crippen LogP contribution in [0.15, 0.2) is 28.8 Å². The minimum atomic E-state index is -0.516. The molecule has 2 rings (SSSR count).